The zero-order valence-electron chi connectivity index (χ0n) is 13.9. The lowest BCUT2D eigenvalue weighted by atomic mass is 9.99. The van der Waals surface area contributed by atoms with E-state index in [0.29, 0.717) is 0 Å². The molecule has 24 heavy (non-hydrogen) atoms. The van der Waals surface area contributed by atoms with Crippen LogP contribution in [0.1, 0.15) is 25.3 Å². The first kappa shape index (κ1) is 16.4. The summed E-state index contributed by atoms with van der Waals surface area (Å²) < 4.78 is 1.27. The van der Waals surface area contributed by atoms with Gasteiger partial charge in [-0.2, -0.15) is 5.10 Å². The van der Waals surface area contributed by atoms with Crippen molar-refractivity contribution in [1.82, 2.24) is 14.8 Å². The average Bonchev–Trinajstić information content (AvgIpc) is 2.58. The van der Waals surface area contributed by atoms with Crippen molar-refractivity contribution in [2.24, 2.45) is 5.92 Å². The summed E-state index contributed by atoms with van der Waals surface area (Å²) in [4.78, 5) is 30.4. The topological polar surface area (TPSA) is 68.1 Å². The number of Topliss-reactive ketones (excluding diaryl/α,β-unsaturated/α-hetero) is 1. The SMILES string of the molecule is CC1CCN(c2ccc(=O)n(CC(=O)Cc3ccncc3)n2)CC1. The molecule has 1 saturated heterocycles. The Morgan fingerprint density at radius 3 is 2.58 bits per heavy atom. The van der Waals surface area contributed by atoms with Gasteiger partial charge in [0.15, 0.2) is 5.78 Å². The van der Waals surface area contributed by atoms with Crippen LogP contribution >= 0.6 is 0 Å². The molecule has 0 bridgehead atoms. The van der Waals surface area contributed by atoms with Gasteiger partial charge in [-0.15, -0.1) is 0 Å². The van der Waals surface area contributed by atoms with Crippen LogP contribution in [0.2, 0.25) is 0 Å². The van der Waals surface area contributed by atoms with E-state index in [9.17, 15) is 9.59 Å². The molecule has 6 heteroatoms. The number of hydrogen-bond donors (Lipinski definition) is 0. The number of aromatic nitrogens is 3. The van der Waals surface area contributed by atoms with Crippen LogP contribution in [0.5, 0.6) is 0 Å². The largest absolute Gasteiger partial charge is 0.355 e. The first-order valence-corrected chi connectivity index (χ1v) is 8.35. The summed E-state index contributed by atoms with van der Waals surface area (Å²) in [6.07, 6.45) is 5.85. The van der Waals surface area contributed by atoms with Crippen molar-refractivity contribution >= 4 is 11.6 Å². The van der Waals surface area contributed by atoms with Gasteiger partial charge in [-0.1, -0.05) is 6.92 Å². The molecule has 0 spiro atoms. The highest BCUT2D eigenvalue weighted by molar-refractivity contribution is 5.80. The van der Waals surface area contributed by atoms with Crippen molar-refractivity contribution in [1.29, 1.82) is 0 Å². The number of nitrogens with zero attached hydrogens (tertiary/aromatic N) is 4. The van der Waals surface area contributed by atoms with E-state index in [1.807, 2.05) is 0 Å². The Morgan fingerprint density at radius 2 is 1.88 bits per heavy atom. The van der Waals surface area contributed by atoms with Gasteiger partial charge in [0, 0.05) is 38.0 Å². The monoisotopic (exact) mass is 326 g/mol. The van der Waals surface area contributed by atoms with Crippen LogP contribution in [0.4, 0.5) is 5.82 Å². The highest BCUT2D eigenvalue weighted by Gasteiger charge is 2.18. The lowest BCUT2D eigenvalue weighted by Crippen LogP contribution is -2.36. The Labute approximate surface area is 141 Å². The van der Waals surface area contributed by atoms with Gasteiger partial charge < -0.3 is 4.90 Å². The van der Waals surface area contributed by atoms with Gasteiger partial charge in [-0.3, -0.25) is 14.6 Å². The number of hydrogen-bond acceptors (Lipinski definition) is 5. The number of carbonyl (C=O) groups is 1. The minimum Gasteiger partial charge on any atom is -0.355 e. The Kier molecular flexibility index (Phi) is 5.03. The Bertz CT molecular complexity index is 749. The Morgan fingerprint density at radius 1 is 1.17 bits per heavy atom. The zero-order chi connectivity index (χ0) is 16.9. The highest BCUT2D eigenvalue weighted by atomic mass is 16.1. The summed E-state index contributed by atoms with van der Waals surface area (Å²) >= 11 is 0. The summed E-state index contributed by atoms with van der Waals surface area (Å²) in [5, 5.41) is 4.40. The third-order valence-corrected chi connectivity index (χ3v) is 4.44. The molecule has 1 aliphatic heterocycles. The molecule has 1 fully saturated rings. The van der Waals surface area contributed by atoms with Crippen LogP contribution in [0.15, 0.2) is 41.5 Å². The molecule has 126 valence electrons. The molecule has 0 amide bonds. The van der Waals surface area contributed by atoms with Gasteiger partial charge in [0.25, 0.3) is 5.56 Å². The first-order valence-electron chi connectivity index (χ1n) is 8.35. The van der Waals surface area contributed by atoms with Gasteiger partial charge in [-0.05, 0) is 42.5 Å². The third-order valence-electron chi connectivity index (χ3n) is 4.44. The van der Waals surface area contributed by atoms with Crippen LogP contribution in [-0.4, -0.2) is 33.6 Å². The van der Waals surface area contributed by atoms with Crippen molar-refractivity contribution in [2.75, 3.05) is 18.0 Å². The maximum Gasteiger partial charge on any atom is 0.267 e. The fraction of sp³-hybridized carbons (Fsp3) is 0.444. The fourth-order valence-corrected chi connectivity index (χ4v) is 2.91. The summed E-state index contributed by atoms with van der Waals surface area (Å²) in [5.41, 5.74) is 0.649. The zero-order valence-corrected chi connectivity index (χ0v) is 13.9. The summed E-state index contributed by atoms with van der Waals surface area (Å²) in [7, 11) is 0. The predicted molar refractivity (Wildman–Crippen MR) is 92.1 cm³/mol. The minimum absolute atomic E-state index is 0.000755. The number of pyridine rings is 1. The second-order valence-corrected chi connectivity index (χ2v) is 6.43. The molecular weight excluding hydrogens is 304 g/mol. The van der Waals surface area contributed by atoms with E-state index < -0.39 is 0 Å². The highest BCUT2D eigenvalue weighted by Crippen LogP contribution is 2.20. The van der Waals surface area contributed by atoms with E-state index >= 15 is 0 Å². The molecule has 0 radical (unpaired) electrons. The van der Waals surface area contributed by atoms with E-state index in [1.165, 1.54) is 10.7 Å². The van der Waals surface area contributed by atoms with Crippen molar-refractivity contribution < 1.29 is 4.79 Å². The maximum absolute atomic E-state index is 12.2. The summed E-state index contributed by atoms with van der Waals surface area (Å²) in [6.45, 7) is 4.14. The van der Waals surface area contributed by atoms with Gasteiger partial charge in [0.2, 0.25) is 0 Å². The van der Waals surface area contributed by atoms with Crippen LogP contribution in [-0.2, 0) is 17.8 Å². The fourth-order valence-electron chi connectivity index (χ4n) is 2.91. The van der Waals surface area contributed by atoms with Crippen LogP contribution in [0.25, 0.3) is 0 Å². The quantitative estimate of drug-likeness (QED) is 0.836. The number of piperidine rings is 1. The standard InChI is InChI=1S/C18H22N4O2/c1-14-6-10-21(11-7-14)17-2-3-18(24)22(20-17)13-16(23)12-15-4-8-19-9-5-15/h2-5,8-9,14H,6-7,10-13H2,1H3. The van der Waals surface area contributed by atoms with E-state index in [4.69, 9.17) is 0 Å². The number of ketones is 1. The van der Waals surface area contributed by atoms with E-state index in [0.717, 1.165) is 43.2 Å². The predicted octanol–water partition coefficient (Wildman–Crippen LogP) is 1.69. The second-order valence-electron chi connectivity index (χ2n) is 6.43. The van der Waals surface area contributed by atoms with E-state index in [2.05, 4.69) is 21.9 Å². The lowest BCUT2D eigenvalue weighted by molar-refractivity contribution is -0.119. The van der Waals surface area contributed by atoms with Gasteiger partial charge in [0.05, 0.1) is 0 Å². The summed E-state index contributed by atoms with van der Waals surface area (Å²) in [6, 6.07) is 6.86. The molecule has 0 aliphatic carbocycles. The number of carbonyl (C=O) groups excluding carboxylic acids is 1. The van der Waals surface area contributed by atoms with E-state index in [-0.39, 0.29) is 24.3 Å². The molecular formula is C18H22N4O2. The minimum atomic E-state index is -0.243. The lowest BCUT2D eigenvalue weighted by Gasteiger charge is -2.31. The molecule has 3 heterocycles. The molecule has 1 aliphatic rings. The second kappa shape index (κ2) is 7.38. The van der Waals surface area contributed by atoms with Gasteiger partial charge >= 0.3 is 0 Å². The molecule has 2 aromatic heterocycles. The molecule has 0 saturated carbocycles. The summed E-state index contributed by atoms with van der Waals surface area (Å²) in [5.74, 6) is 1.47. The molecule has 2 aromatic rings. The Balaban J connectivity index is 1.70. The molecule has 0 N–H and O–H groups in total. The molecule has 0 unspecified atom stereocenters. The molecule has 0 atom stereocenters. The van der Waals surface area contributed by atoms with Crippen LogP contribution in [0, 0.1) is 5.92 Å². The number of anilines is 1. The van der Waals surface area contributed by atoms with Gasteiger partial charge in [0.1, 0.15) is 12.4 Å². The van der Waals surface area contributed by atoms with Crippen LogP contribution in [0.3, 0.4) is 0 Å². The maximum atomic E-state index is 12.2. The Hall–Kier alpha value is -2.50. The van der Waals surface area contributed by atoms with Crippen molar-refractivity contribution in [3.63, 3.8) is 0 Å². The van der Waals surface area contributed by atoms with Gasteiger partial charge in [-0.25, -0.2) is 4.68 Å². The molecule has 0 aromatic carbocycles. The average molecular weight is 326 g/mol. The first-order chi connectivity index (χ1) is 11.6. The van der Waals surface area contributed by atoms with Crippen molar-refractivity contribution in [3.05, 3.63) is 52.6 Å². The smallest absolute Gasteiger partial charge is 0.267 e. The van der Waals surface area contributed by atoms with Crippen molar-refractivity contribution in [3.8, 4) is 0 Å². The van der Waals surface area contributed by atoms with E-state index in [1.54, 1.807) is 30.6 Å². The molecule has 3 rings (SSSR count). The van der Waals surface area contributed by atoms with Crippen LogP contribution < -0.4 is 10.5 Å². The molecule has 6 nitrogen and oxygen atoms in total. The van der Waals surface area contributed by atoms with Crippen molar-refractivity contribution in [2.45, 2.75) is 32.7 Å². The normalized spacial score (nSPS) is 15.5. The third kappa shape index (κ3) is 4.07. The number of rotatable bonds is 5.